The van der Waals surface area contributed by atoms with Gasteiger partial charge in [-0.05, 0) is 37.2 Å². The molecule has 0 saturated heterocycles. The first-order valence-electron chi connectivity index (χ1n) is 7.42. The number of Topliss-reactive ketones (excluding diaryl/α,β-unsaturated/α-hetero) is 1. The average molecular weight is 353 g/mol. The Morgan fingerprint density at radius 3 is 2.62 bits per heavy atom. The molecule has 1 N–H and O–H groups in total. The van der Waals surface area contributed by atoms with Gasteiger partial charge < -0.3 is 5.11 Å². The van der Waals surface area contributed by atoms with Crippen molar-refractivity contribution >= 4 is 27.7 Å². The lowest BCUT2D eigenvalue weighted by molar-refractivity contribution is -0.146. The van der Waals surface area contributed by atoms with E-state index in [1.807, 2.05) is 25.1 Å². The van der Waals surface area contributed by atoms with E-state index >= 15 is 0 Å². The lowest BCUT2D eigenvalue weighted by atomic mass is 9.65. The first kappa shape index (κ1) is 16.2. The summed E-state index contributed by atoms with van der Waals surface area (Å²) in [6.45, 7) is 1.91. The minimum absolute atomic E-state index is 0.0531. The lowest BCUT2D eigenvalue weighted by Gasteiger charge is -2.40. The maximum atomic E-state index is 12.7. The van der Waals surface area contributed by atoms with Crippen LogP contribution in [0.15, 0.2) is 30.3 Å². The Labute approximate surface area is 133 Å². The molecule has 3 atom stereocenters. The van der Waals surface area contributed by atoms with Crippen molar-refractivity contribution in [2.45, 2.75) is 43.9 Å². The number of halogens is 1. The number of alkyl halides is 1. The molecule has 114 valence electrons. The molecule has 1 saturated carbocycles. The van der Waals surface area contributed by atoms with Gasteiger partial charge in [0, 0.05) is 5.41 Å². The van der Waals surface area contributed by atoms with Gasteiger partial charge in [-0.15, -0.1) is 0 Å². The van der Waals surface area contributed by atoms with Gasteiger partial charge in [0.2, 0.25) is 0 Å². The van der Waals surface area contributed by atoms with Gasteiger partial charge in [0.05, 0.1) is 11.2 Å². The molecule has 0 spiro atoms. The molecule has 0 bridgehead atoms. The molecule has 1 aliphatic carbocycles. The van der Waals surface area contributed by atoms with Crippen LogP contribution < -0.4 is 0 Å². The van der Waals surface area contributed by atoms with Gasteiger partial charge >= 0.3 is 5.97 Å². The molecule has 21 heavy (non-hydrogen) atoms. The summed E-state index contributed by atoms with van der Waals surface area (Å²) in [7, 11) is 0. The molecule has 0 amide bonds. The number of ketones is 1. The van der Waals surface area contributed by atoms with E-state index in [1.54, 1.807) is 0 Å². The van der Waals surface area contributed by atoms with Crippen molar-refractivity contribution in [2.24, 2.45) is 11.3 Å². The second kappa shape index (κ2) is 6.73. The van der Waals surface area contributed by atoms with Crippen molar-refractivity contribution in [3.63, 3.8) is 0 Å². The molecule has 4 heteroatoms. The van der Waals surface area contributed by atoms with E-state index in [1.165, 1.54) is 5.56 Å². The minimum Gasteiger partial charge on any atom is -0.481 e. The van der Waals surface area contributed by atoms with E-state index in [4.69, 9.17) is 5.11 Å². The summed E-state index contributed by atoms with van der Waals surface area (Å²) >= 11 is 3.54. The first-order chi connectivity index (χ1) is 9.98. The zero-order valence-electron chi connectivity index (χ0n) is 12.2. The van der Waals surface area contributed by atoms with Crippen LogP contribution in [0, 0.1) is 11.3 Å². The predicted octanol–water partition coefficient (Wildman–Crippen LogP) is 3.84. The van der Waals surface area contributed by atoms with Crippen molar-refractivity contribution in [3.8, 4) is 0 Å². The second-order valence-electron chi connectivity index (χ2n) is 5.96. The molecule has 2 rings (SSSR count). The quantitative estimate of drug-likeness (QED) is 0.819. The number of aliphatic carboxylic acids is 1. The summed E-state index contributed by atoms with van der Waals surface area (Å²) in [6.07, 6.45) is 2.96. The van der Waals surface area contributed by atoms with Crippen molar-refractivity contribution in [1.82, 2.24) is 0 Å². The van der Waals surface area contributed by atoms with Crippen molar-refractivity contribution in [1.29, 1.82) is 0 Å². The first-order valence-corrected chi connectivity index (χ1v) is 8.34. The van der Waals surface area contributed by atoms with E-state index in [-0.39, 0.29) is 22.9 Å². The van der Waals surface area contributed by atoms with Crippen LogP contribution in [0.4, 0.5) is 0 Å². The maximum absolute atomic E-state index is 12.7. The monoisotopic (exact) mass is 352 g/mol. The molecule has 1 aromatic rings. The summed E-state index contributed by atoms with van der Waals surface area (Å²) in [5.41, 5.74) is 0.537. The number of carboxylic acids is 1. The van der Waals surface area contributed by atoms with Crippen LogP contribution in [0.25, 0.3) is 0 Å². The number of benzene rings is 1. The summed E-state index contributed by atoms with van der Waals surface area (Å²) in [5.74, 6) is -0.570. The van der Waals surface area contributed by atoms with Gasteiger partial charge in [0.1, 0.15) is 0 Å². The summed E-state index contributed by atoms with van der Waals surface area (Å²) < 4.78 is 0. The molecule has 1 aliphatic rings. The highest BCUT2D eigenvalue weighted by molar-refractivity contribution is 9.10. The van der Waals surface area contributed by atoms with Crippen molar-refractivity contribution < 1.29 is 14.7 Å². The number of hydrogen-bond acceptors (Lipinski definition) is 2. The number of rotatable bonds is 5. The Balaban J connectivity index is 2.12. The standard InChI is InChI=1S/C17H21BrO3/c1-2-17(11-14(19)20)9-8-13(15(18)16(17)21)10-12-6-4-3-5-7-12/h3-7,13,15H,2,8-11H2,1H3,(H,19,20). The zero-order chi connectivity index (χ0) is 15.5. The second-order valence-corrected chi connectivity index (χ2v) is 6.95. The molecule has 0 aromatic heterocycles. The Bertz CT molecular complexity index is 514. The predicted molar refractivity (Wildman–Crippen MR) is 85.6 cm³/mol. The Morgan fingerprint density at radius 2 is 2.05 bits per heavy atom. The largest absolute Gasteiger partial charge is 0.481 e. The van der Waals surface area contributed by atoms with Crippen LogP contribution in [0.1, 0.15) is 38.2 Å². The third-order valence-corrected chi connectivity index (χ3v) is 5.85. The van der Waals surface area contributed by atoms with Gasteiger partial charge in [-0.3, -0.25) is 9.59 Å². The molecule has 0 heterocycles. The molecular weight excluding hydrogens is 332 g/mol. The molecule has 0 radical (unpaired) electrons. The third kappa shape index (κ3) is 3.54. The topological polar surface area (TPSA) is 54.4 Å². The Kier molecular flexibility index (Phi) is 5.20. The van der Waals surface area contributed by atoms with E-state index in [0.717, 1.165) is 12.8 Å². The number of hydrogen-bond donors (Lipinski definition) is 1. The summed E-state index contributed by atoms with van der Waals surface area (Å²) in [5, 5.41) is 9.10. The number of carbonyl (C=O) groups excluding carboxylic acids is 1. The van der Waals surface area contributed by atoms with Gasteiger partial charge in [0.15, 0.2) is 5.78 Å². The van der Waals surface area contributed by atoms with E-state index in [2.05, 4.69) is 28.1 Å². The lowest BCUT2D eigenvalue weighted by Crippen LogP contribution is -2.46. The zero-order valence-corrected chi connectivity index (χ0v) is 13.8. The van der Waals surface area contributed by atoms with Crippen LogP contribution >= 0.6 is 15.9 Å². The molecule has 1 fully saturated rings. The van der Waals surface area contributed by atoms with Gasteiger partial charge in [0.25, 0.3) is 0 Å². The van der Waals surface area contributed by atoms with Gasteiger partial charge in [-0.2, -0.15) is 0 Å². The summed E-state index contributed by atoms with van der Waals surface area (Å²) in [4.78, 5) is 23.5. The maximum Gasteiger partial charge on any atom is 0.304 e. The number of carboxylic acid groups (broad SMARTS) is 1. The number of carbonyl (C=O) groups is 2. The average Bonchev–Trinajstić information content (AvgIpc) is 2.48. The smallest absolute Gasteiger partial charge is 0.304 e. The highest BCUT2D eigenvalue weighted by Gasteiger charge is 2.47. The molecule has 1 aromatic carbocycles. The fourth-order valence-electron chi connectivity index (χ4n) is 3.30. The van der Waals surface area contributed by atoms with Gasteiger partial charge in [-0.1, -0.05) is 53.2 Å². The Morgan fingerprint density at radius 1 is 1.38 bits per heavy atom. The summed E-state index contributed by atoms with van der Waals surface area (Å²) in [6, 6.07) is 10.1. The Hall–Kier alpha value is -1.16. The fraction of sp³-hybridized carbons (Fsp3) is 0.529. The molecule has 3 nitrogen and oxygen atoms in total. The van der Waals surface area contributed by atoms with Gasteiger partial charge in [-0.25, -0.2) is 0 Å². The van der Waals surface area contributed by atoms with E-state index in [9.17, 15) is 9.59 Å². The van der Waals surface area contributed by atoms with Crippen molar-refractivity contribution in [2.75, 3.05) is 0 Å². The highest BCUT2D eigenvalue weighted by atomic mass is 79.9. The van der Waals surface area contributed by atoms with Crippen LogP contribution in [0.5, 0.6) is 0 Å². The normalized spacial score (nSPS) is 29.3. The van der Waals surface area contributed by atoms with Crippen LogP contribution in [-0.4, -0.2) is 21.7 Å². The molecular formula is C17H21BrO3. The minimum atomic E-state index is -0.883. The van der Waals surface area contributed by atoms with Crippen LogP contribution in [0.2, 0.25) is 0 Å². The highest BCUT2D eigenvalue weighted by Crippen LogP contribution is 2.44. The van der Waals surface area contributed by atoms with Crippen molar-refractivity contribution in [3.05, 3.63) is 35.9 Å². The third-order valence-electron chi connectivity index (χ3n) is 4.69. The molecule has 3 unspecified atom stereocenters. The molecule has 0 aliphatic heterocycles. The van der Waals surface area contributed by atoms with E-state index in [0.29, 0.717) is 12.8 Å². The van der Waals surface area contributed by atoms with E-state index < -0.39 is 11.4 Å². The van der Waals surface area contributed by atoms with Crippen LogP contribution in [-0.2, 0) is 16.0 Å². The SMILES string of the molecule is CCC1(CC(=O)O)CCC(Cc2ccccc2)C(Br)C1=O. The van der Waals surface area contributed by atoms with Crippen LogP contribution in [0.3, 0.4) is 0 Å². The fourth-order valence-corrected chi connectivity index (χ4v) is 4.24.